The Morgan fingerprint density at radius 2 is 1.50 bits per heavy atom. The van der Waals surface area contributed by atoms with Crippen LogP contribution < -0.4 is 10.2 Å². The van der Waals surface area contributed by atoms with Crippen molar-refractivity contribution in [3.8, 4) is 5.88 Å². The maximum Gasteiger partial charge on any atom is 0.228 e. The number of carbonyl (C=O) groups is 1. The number of hydrogen-bond donors (Lipinski definition) is 2. The van der Waals surface area contributed by atoms with Gasteiger partial charge in [-0.3, -0.25) is 4.79 Å². The van der Waals surface area contributed by atoms with Gasteiger partial charge in [0.2, 0.25) is 17.7 Å². The molecule has 186 valence electrons. The SMILES string of the molecule is CC(=O)N1CCN(c2nc(NC(c3ccccc3)c3ccccc3)c3cn(C(C)C)c(O)c3n2)CC1. The zero-order chi connectivity index (χ0) is 25.2. The molecule has 2 N–H and O–H groups in total. The molecule has 0 unspecified atom stereocenters. The lowest BCUT2D eigenvalue weighted by Crippen LogP contribution is -2.48. The molecule has 1 amide bonds. The van der Waals surface area contributed by atoms with Crippen LogP contribution in [0.4, 0.5) is 11.8 Å². The van der Waals surface area contributed by atoms with E-state index in [-0.39, 0.29) is 23.9 Å². The lowest BCUT2D eigenvalue weighted by molar-refractivity contribution is -0.129. The van der Waals surface area contributed by atoms with Crippen LogP contribution in [0.3, 0.4) is 0 Å². The van der Waals surface area contributed by atoms with Crippen LogP contribution in [0.25, 0.3) is 10.9 Å². The molecule has 5 rings (SSSR count). The van der Waals surface area contributed by atoms with Crippen LogP contribution in [0.1, 0.15) is 44.0 Å². The summed E-state index contributed by atoms with van der Waals surface area (Å²) in [5.41, 5.74) is 2.74. The first-order valence-corrected chi connectivity index (χ1v) is 12.4. The predicted octanol–water partition coefficient (Wildman–Crippen LogP) is 4.59. The number of fused-ring (bicyclic) bond motifs is 1. The van der Waals surface area contributed by atoms with Crippen LogP contribution in [0.5, 0.6) is 5.88 Å². The largest absolute Gasteiger partial charge is 0.493 e. The third-order valence-electron chi connectivity index (χ3n) is 6.77. The van der Waals surface area contributed by atoms with Crippen LogP contribution in [0, 0.1) is 0 Å². The minimum absolute atomic E-state index is 0.0636. The molecule has 8 heteroatoms. The second-order valence-corrected chi connectivity index (χ2v) is 9.48. The van der Waals surface area contributed by atoms with Gasteiger partial charge >= 0.3 is 0 Å². The monoisotopic (exact) mass is 484 g/mol. The first-order valence-electron chi connectivity index (χ1n) is 12.4. The maximum atomic E-state index is 11.8. The number of carbonyl (C=O) groups excluding carboxylic acids is 1. The minimum Gasteiger partial charge on any atom is -0.493 e. The van der Waals surface area contributed by atoms with Gasteiger partial charge in [-0.25, -0.2) is 4.98 Å². The fourth-order valence-electron chi connectivity index (χ4n) is 4.73. The molecule has 0 spiro atoms. The number of aromatic hydroxyl groups is 1. The Morgan fingerprint density at radius 1 is 0.917 bits per heavy atom. The van der Waals surface area contributed by atoms with E-state index in [4.69, 9.17) is 9.97 Å². The number of hydrogen-bond acceptors (Lipinski definition) is 6. The van der Waals surface area contributed by atoms with Crippen LogP contribution >= 0.6 is 0 Å². The first-order chi connectivity index (χ1) is 17.4. The number of nitrogens with zero attached hydrogens (tertiary/aromatic N) is 5. The van der Waals surface area contributed by atoms with Crippen molar-refractivity contribution in [3.05, 3.63) is 78.0 Å². The second-order valence-electron chi connectivity index (χ2n) is 9.48. The van der Waals surface area contributed by atoms with Gasteiger partial charge in [0.1, 0.15) is 11.3 Å². The molecule has 1 fully saturated rings. The van der Waals surface area contributed by atoms with Gasteiger partial charge in [-0.2, -0.15) is 4.98 Å². The van der Waals surface area contributed by atoms with Gasteiger partial charge in [0, 0.05) is 45.3 Å². The van der Waals surface area contributed by atoms with Gasteiger partial charge in [-0.15, -0.1) is 0 Å². The average molecular weight is 485 g/mol. The zero-order valence-corrected chi connectivity index (χ0v) is 20.9. The Kier molecular flexibility index (Phi) is 6.50. The number of aromatic nitrogens is 3. The van der Waals surface area contributed by atoms with E-state index in [0.717, 1.165) is 16.5 Å². The second kappa shape index (κ2) is 9.89. The van der Waals surface area contributed by atoms with E-state index >= 15 is 0 Å². The summed E-state index contributed by atoms with van der Waals surface area (Å²) in [7, 11) is 0. The Bertz CT molecular complexity index is 1310. The van der Waals surface area contributed by atoms with Gasteiger partial charge < -0.3 is 24.8 Å². The van der Waals surface area contributed by atoms with Crippen LogP contribution in [0.2, 0.25) is 0 Å². The van der Waals surface area contributed by atoms with Gasteiger partial charge in [0.05, 0.1) is 11.4 Å². The summed E-state index contributed by atoms with van der Waals surface area (Å²) < 4.78 is 1.82. The molecule has 0 radical (unpaired) electrons. The summed E-state index contributed by atoms with van der Waals surface area (Å²) in [4.78, 5) is 25.5. The molecule has 0 saturated carbocycles. The molecule has 8 nitrogen and oxygen atoms in total. The van der Waals surface area contributed by atoms with Gasteiger partial charge in [0.25, 0.3) is 0 Å². The highest BCUT2D eigenvalue weighted by molar-refractivity contribution is 5.94. The third-order valence-corrected chi connectivity index (χ3v) is 6.77. The topological polar surface area (TPSA) is 86.5 Å². The molecular weight excluding hydrogens is 452 g/mol. The van der Waals surface area contributed by atoms with E-state index in [2.05, 4.69) is 34.5 Å². The number of piperazine rings is 1. The molecule has 0 aliphatic carbocycles. The number of nitrogens with one attached hydrogen (secondary N) is 1. The van der Waals surface area contributed by atoms with Crippen LogP contribution in [0.15, 0.2) is 66.9 Å². The van der Waals surface area contributed by atoms with E-state index in [1.807, 2.05) is 65.9 Å². The molecule has 36 heavy (non-hydrogen) atoms. The van der Waals surface area contributed by atoms with Crippen LogP contribution in [-0.2, 0) is 4.79 Å². The van der Waals surface area contributed by atoms with E-state index < -0.39 is 0 Å². The fraction of sp³-hybridized carbons (Fsp3) is 0.321. The number of rotatable bonds is 6. The Morgan fingerprint density at radius 3 is 2.03 bits per heavy atom. The van der Waals surface area contributed by atoms with Crippen molar-refractivity contribution >= 4 is 28.6 Å². The molecule has 1 aliphatic heterocycles. The van der Waals surface area contributed by atoms with Crippen molar-refractivity contribution in [3.63, 3.8) is 0 Å². The molecule has 3 heterocycles. The highest BCUT2D eigenvalue weighted by Crippen LogP contribution is 2.36. The van der Waals surface area contributed by atoms with Crippen molar-refractivity contribution < 1.29 is 9.90 Å². The molecule has 4 aromatic rings. The minimum atomic E-state index is -0.141. The van der Waals surface area contributed by atoms with E-state index in [0.29, 0.717) is 43.5 Å². The summed E-state index contributed by atoms with van der Waals surface area (Å²) in [5, 5.41) is 15.5. The number of anilines is 2. The van der Waals surface area contributed by atoms with Crippen molar-refractivity contribution in [2.75, 3.05) is 36.4 Å². The zero-order valence-electron chi connectivity index (χ0n) is 20.9. The van der Waals surface area contributed by atoms with Crippen molar-refractivity contribution in [1.82, 2.24) is 19.4 Å². The summed E-state index contributed by atoms with van der Waals surface area (Å²) >= 11 is 0. The summed E-state index contributed by atoms with van der Waals surface area (Å²) in [6.07, 6.45) is 1.92. The smallest absolute Gasteiger partial charge is 0.228 e. The van der Waals surface area contributed by atoms with Crippen molar-refractivity contribution in [2.45, 2.75) is 32.9 Å². The Labute approximate surface area is 211 Å². The van der Waals surface area contributed by atoms with E-state index in [9.17, 15) is 9.90 Å². The summed E-state index contributed by atoms with van der Waals surface area (Å²) in [6.45, 7) is 8.16. The highest BCUT2D eigenvalue weighted by Gasteiger charge is 2.25. The number of benzene rings is 2. The molecule has 0 atom stereocenters. The van der Waals surface area contributed by atoms with Crippen molar-refractivity contribution in [1.29, 1.82) is 0 Å². The van der Waals surface area contributed by atoms with E-state index in [1.165, 1.54) is 0 Å². The molecule has 2 aromatic heterocycles. The van der Waals surface area contributed by atoms with E-state index in [1.54, 1.807) is 6.92 Å². The maximum absolute atomic E-state index is 11.8. The summed E-state index contributed by atoms with van der Waals surface area (Å²) in [5.74, 6) is 1.42. The molecule has 0 bridgehead atoms. The Hall–Kier alpha value is -4.07. The highest BCUT2D eigenvalue weighted by atomic mass is 16.3. The normalized spacial score (nSPS) is 14.1. The standard InChI is InChI=1S/C28H32N6O2/c1-19(2)34-18-23-25(27(34)36)30-28(33-16-14-32(15-17-33)20(3)35)31-26(23)29-24(21-10-6-4-7-11-21)22-12-8-5-9-13-22/h4-13,18-19,24,36H,14-17H2,1-3H3,(H,29,30,31). The van der Waals surface area contributed by atoms with Gasteiger partial charge in [0.15, 0.2) is 0 Å². The molecule has 2 aromatic carbocycles. The summed E-state index contributed by atoms with van der Waals surface area (Å²) in [6, 6.07) is 20.5. The first kappa shape index (κ1) is 23.7. The van der Waals surface area contributed by atoms with Crippen LogP contribution in [-0.4, -0.2) is 56.6 Å². The van der Waals surface area contributed by atoms with Crippen molar-refractivity contribution in [2.24, 2.45) is 0 Å². The number of amides is 1. The molecule has 1 aliphatic rings. The fourth-order valence-corrected chi connectivity index (χ4v) is 4.73. The predicted molar refractivity (Wildman–Crippen MR) is 142 cm³/mol. The lowest BCUT2D eigenvalue weighted by atomic mass is 9.98. The quantitative estimate of drug-likeness (QED) is 0.416. The average Bonchev–Trinajstić information content (AvgIpc) is 3.25. The van der Waals surface area contributed by atoms with Gasteiger partial charge in [-0.05, 0) is 25.0 Å². The van der Waals surface area contributed by atoms with Gasteiger partial charge in [-0.1, -0.05) is 60.7 Å². The molecule has 1 saturated heterocycles. The lowest BCUT2D eigenvalue weighted by Gasteiger charge is -2.34. The third kappa shape index (κ3) is 4.58. The Balaban J connectivity index is 1.60. The molecular formula is C28H32N6O2.